The van der Waals surface area contributed by atoms with Crippen LogP contribution in [0.2, 0.25) is 0 Å². The van der Waals surface area contributed by atoms with E-state index in [0.29, 0.717) is 25.1 Å². The van der Waals surface area contributed by atoms with Crippen LogP contribution in [0, 0.1) is 6.92 Å². The molecule has 0 spiro atoms. The van der Waals surface area contributed by atoms with Crippen LogP contribution in [0.1, 0.15) is 54.0 Å². The highest BCUT2D eigenvalue weighted by Crippen LogP contribution is 2.28. The molecule has 1 aromatic heterocycles. The maximum absolute atomic E-state index is 13.0. The van der Waals surface area contributed by atoms with Gasteiger partial charge in [0.05, 0.1) is 6.54 Å². The number of amides is 1. The fourth-order valence-corrected chi connectivity index (χ4v) is 3.43. The molecule has 4 heteroatoms. The molecular formula is C24H26N2O2. The normalized spacial score (nSPS) is 14.1. The van der Waals surface area contributed by atoms with Crippen LogP contribution in [0.25, 0.3) is 11.1 Å². The summed E-state index contributed by atoms with van der Waals surface area (Å²) >= 11 is 0. The van der Waals surface area contributed by atoms with Gasteiger partial charge < -0.3 is 9.32 Å². The minimum absolute atomic E-state index is 0.0430. The highest BCUT2D eigenvalue weighted by atomic mass is 16.4. The van der Waals surface area contributed by atoms with E-state index in [9.17, 15) is 4.79 Å². The summed E-state index contributed by atoms with van der Waals surface area (Å²) in [7, 11) is 0. The molecule has 2 aromatic carbocycles. The highest BCUT2D eigenvalue weighted by Gasteiger charge is 2.29. The van der Waals surface area contributed by atoms with Gasteiger partial charge in [-0.2, -0.15) is 0 Å². The standard InChI is InChI=1S/C24H26N2O2/c1-16-5-7-17(8-6-16)18-9-11-19(12-10-18)22(27)26-14-13-21-20(15-26)25-23(28-21)24(2,3)4/h5-12H,13-15H2,1-4H3. The predicted molar refractivity (Wildman–Crippen MR) is 110 cm³/mol. The summed E-state index contributed by atoms with van der Waals surface area (Å²) in [6.45, 7) is 9.50. The lowest BCUT2D eigenvalue weighted by Gasteiger charge is -2.25. The second kappa shape index (κ2) is 6.93. The van der Waals surface area contributed by atoms with Crippen molar-refractivity contribution in [2.45, 2.75) is 46.1 Å². The summed E-state index contributed by atoms with van der Waals surface area (Å²) in [5, 5.41) is 0. The van der Waals surface area contributed by atoms with E-state index < -0.39 is 0 Å². The van der Waals surface area contributed by atoms with Crippen LogP contribution in [-0.2, 0) is 18.4 Å². The number of carbonyl (C=O) groups is 1. The third-order valence-electron chi connectivity index (χ3n) is 5.17. The molecule has 0 unspecified atom stereocenters. The number of oxazole rings is 1. The molecular weight excluding hydrogens is 348 g/mol. The summed E-state index contributed by atoms with van der Waals surface area (Å²) < 4.78 is 5.93. The lowest BCUT2D eigenvalue weighted by Crippen LogP contribution is -2.35. The van der Waals surface area contributed by atoms with Crippen molar-refractivity contribution in [1.82, 2.24) is 9.88 Å². The number of rotatable bonds is 2. The van der Waals surface area contributed by atoms with Crippen molar-refractivity contribution in [2.24, 2.45) is 0 Å². The first-order chi connectivity index (χ1) is 13.3. The van der Waals surface area contributed by atoms with Gasteiger partial charge >= 0.3 is 0 Å². The second-order valence-electron chi connectivity index (χ2n) is 8.56. The zero-order valence-corrected chi connectivity index (χ0v) is 17.0. The van der Waals surface area contributed by atoms with Crippen molar-refractivity contribution in [3.63, 3.8) is 0 Å². The van der Waals surface area contributed by atoms with Crippen LogP contribution in [-0.4, -0.2) is 22.3 Å². The maximum Gasteiger partial charge on any atom is 0.254 e. The number of fused-ring (bicyclic) bond motifs is 1. The fourth-order valence-electron chi connectivity index (χ4n) is 3.43. The number of aromatic nitrogens is 1. The summed E-state index contributed by atoms with van der Waals surface area (Å²) in [6.07, 6.45) is 0.714. The van der Waals surface area contributed by atoms with Crippen molar-refractivity contribution < 1.29 is 9.21 Å². The third kappa shape index (κ3) is 3.59. The number of aryl methyl sites for hydroxylation is 1. The Bertz CT molecular complexity index is 993. The Kier molecular flexibility index (Phi) is 4.58. The molecule has 0 saturated heterocycles. The summed E-state index contributed by atoms with van der Waals surface area (Å²) in [6, 6.07) is 16.3. The van der Waals surface area contributed by atoms with E-state index in [-0.39, 0.29) is 11.3 Å². The van der Waals surface area contributed by atoms with Gasteiger partial charge in [0.2, 0.25) is 0 Å². The van der Waals surface area contributed by atoms with Crippen molar-refractivity contribution >= 4 is 5.91 Å². The minimum Gasteiger partial charge on any atom is -0.445 e. The van der Waals surface area contributed by atoms with Crippen LogP contribution < -0.4 is 0 Å². The number of carbonyl (C=O) groups excluding carboxylic acids is 1. The lowest BCUT2D eigenvalue weighted by molar-refractivity contribution is 0.0728. The first-order valence-corrected chi connectivity index (χ1v) is 9.77. The third-order valence-corrected chi connectivity index (χ3v) is 5.17. The van der Waals surface area contributed by atoms with Crippen LogP contribution in [0.3, 0.4) is 0 Å². The molecule has 144 valence electrons. The average molecular weight is 374 g/mol. The van der Waals surface area contributed by atoms with Gasteiger partial charge in [0.1, 0.15) is 11.5 Å². The van der Waals surface area contributed by atoms with E-state index in [1.165, 1.54) is 5.56 Å². The Hall–Kier alpha value is -2.88. The van der Waals surface area contributed by atoms with Gasteiger partial charge in [-0.1, -0.05) is 62.7 Å². The fraction of sp³-hybridized carbons (Fsp3) is 0.333. The van der Waals surface area contributed by atoms with E-state index in [4.69, 9.17) is 4.42 Å². The van der Waals surface area contributed by atoms with Crippen molar-refractivity contribution in [3.8, 4) is 11.1 Å². The topological polar surface area (TPSA) is 46.3 Å². The first kappa shape index (κ1) is 18.5. The van der Waals surface area contributed by atoms with E-state index in [1.807, 2.05) is 29.2 Å². The molecule has 3 aromatic rings. The number of benzene rings is 2. The van der Waals surface area contributed by atoms with Gasteiger partial charge in [-0.05, 0) is 30.2 Å². The molecule has 4 nitrogen and oxygen atoms in total. The molecule has 4 rings (SSSR count). The van der Waals surface area contributed by atoms with E-state index in [2.05, 4.69) is 56.9 Å². The highest BCUT2D eigenvalue weighted by molar-refractivity contribution is 5.94. The largest absolute Gasteiger partial charge is 0.445 e. The zero-order chi connectivity index (χ0) is 19.9. The number of hydrogen-bond acceptors (Lipinski definition) is 3. The van der Waals surface area contributed by atoms with Crippen molar-refractivity contribution in [2.75, 3.05) is 6.54 Å². The molecule has 0 N–H and O–H groups in total. The SMILES string of the molecule is Cc1ccc(-c2ccc(C(=O)N3CCc4oc(C(C)(C)C)nc4C3)cc2)cc1. The van der Waals surface area contributed by atoms with E-state index >= 15 is 0 Å². The van der Waals surface area contributed by atoms with E-state index in [0.717, 1.165) is 28.5 Å². The second-order valence-corrected chi connectivity index (χ2v) is 8.56. The quantitative estimate of drug-likeness (QED) is 0.623. The molecule has 2 heterocycles. The van der Waals surface area contributed by atoms with Gasteiger partial charge in [-0.3, -0.25) is 4.79 Å². The summed E-state index contributed by atoms with van der Waals surface area (Å²) in [5.74, 6) is 1.71. The number of hydrogen-bond donors (Lipinski definition) is 0. The minimum atomic E-state index is -0.127. The van der Waals surface area contributed by atoms with Crippen molar-refractivity contribution in [3.05, 3.63) is 77.0 Å². The lowest BCUT2D eigenvalue weighted by atomic mass is 9.97. The van der Waals surface area contributed by atoms with Gasteiger partial charge in [-0.15, -0.1) is 0 Å². The Labute approximate surface area is 166 Å². The van der Waals surface area contributed by atoms with Gasteiger partial charge in [0.15, 0.2) is 5.89 Å². The predicted octanol–water partition coefficient (Wildman–Crippen LogP) is 5.15. The molecule has 0 radical (unpaired) electrons. The zero-order valence-electron chi connectivity index (χ0n) is 17.0. The molecule has 28 heavy (non-hydrogen) atoms. The Morgan fingerprint density at radius 3 is 2.21 bits per heavy atom. The average Bonchev–Trinajstić information content (AvgIpc) is 3.12. The summed E-state index contributed by atoms with van der Waals surface area (Å²) in [5.41, 5.74) is 4.98. The number of nitrogens with zero attached hydrogens (tertiary/aromatic N) is 2. The van der Waals surface area contributed by atoms with Crippen molar-refractivity contribution in [1.29, 1.82) is 0 Å². The van der Waals surface area contributed by atoms with Crippen LogP contribution in [0.4, 0.5) is 0 Å². The van der Waals surface area contributed by atoms with E-state index in [1.54, 1.807) is 0 Å². The smallest absolute Gasteiger partial charge is 0.254 e. The molecule has 0 saturated carbocycles. The maximum atomic E-state index is 13.0. The van der Waals surface area contributed by atoms with Crippen LogP contribution in [0.5, 0.6) is 0 Å². The van der Waals surface area contributed by atoms with Gasteiger partial charge in [0.25, 0.3) is 5.91 Å². The Morgan fingerprint density at radius 2 is 1.61 bits per heavy atom. The van der Waals surface area contributed by atoms with Gasteiger partial charge in [0, 0.05) is 23.9 Å². The molecule has 0 aliphatic carbocycles. The molecule has 1 amide bonds. The Balaban J connectivity index is 1.50. The Morgan fingerprint density at radius 1 is 1.00 bits per heavy atom. The van der Waals surface area contributed by atoms with Crippen LogP contribution in [0.15, 0.2) is 52.9 Å². The first-order valence-electron chi connectivity index (χ1n) is 9.77. The van der Waals surface area contributed by atoms with Gasteiger partial charge in [-0.25, -0.2) is 4.98 Å². The van der Waals surface area contributed by atoms with Crippen LogP contribution >= 0.6 is 0 Å². The molecule has 0 bridgehead atoms. The molecule has 0 atom stereocenters. The molecule has 0 fully saturated rings. The monoisotopic (exact) mass is 374 g/mol. The summed E-state index contributed by atoms with van der Waals surface area (Å²) in [4.78, 5) is 19.5. The molecule has 1 aliphatic heterocycles. The molecule has 1 aliphatic rings.